The standard InChI is InChI=1S/C13H13ClN6/c1-16-12-17-11(14)18-13(19-12)20(2)8-10-5-3-4-9(6-10)7-15/h3-6H,8H2,1-2H3,(H,16,17,18,19). The molecule has 7 heteroatoms. The molecule has 0 saturated carbocycles. The summed E-state index contributed by atoms with van der Waals surface area (Å²) < 4.78 is 0. The zero-order chi connectivity index (χ0) is 14.5. The molecule has 1 aromatic carbocycles. The molecule has 0 aliphatic rings. The zero-order valence-electron chi connectivity index (χ0n) is 11.1. The molecule has 0 aliphatic heterocycles. The van der Waals surface area contributed by atoms with Gasteiger partial charge in [-0.3, -0.25) is 0 Å². The third-order valence-corrected chi connectivity index (χ3v) is 2.81. The number of hydrogen-bond donors (Lipinski definition) is 1. The molecule has 0 saturated heterocycles. The highest BCUT2D eigenvalue weighted by Gasteiger charge is 2.09. The largest absolute Gasteiger partial charge is 0.357 e. The van der Waals surface area contributed by atoms with Crippen LogP contribution in [0.25, 0.3) is 0 Å². The molecular weight excluding hydrogens is 276 g/mol. The molecular formula is C13H13ClN6. The fourth-order valence-electron chi connectivity index (χ4n) is 1.71. The maximum absolute atomic E-state index is 8.90. The molecule has 0 atom stereocenters. The van der Waals surface area contributed by atoms with Crippen molar-refractivity contribution >= 4 is 23.5 Å². The topological polar surface area (TPSA) is 77.7 Å². The average Bonchev–Trinajstić information content (AvgIpc) is 2.46. The SMILES string of the molecule is CNc1nc(Cl)nc(N(C)Cc2cccc(C#N)c2)n1. The monoisotopic (exact) mass is 288 g/mol. The Morgan fingerprint density at radius 2 is 2.15 bits per heavy atom. The third kappa shape index (κ3) is 3.33. The van der Waals surface area contributed by atoms with Crippen LogP contribution in [0.3, 0.4) is 0 Å². The number of rotatable bonds is 4. The summed E-state index contributed by atoms with van der Waals surface area (Å²) in [6.07, 6.45) is 0. The summed E-state index contributed by atoms with van der Waals surface area (Å²) in [6.45, 7) is 0.568. The molecule has 2 rings (SSSR count). The van der Waals surface area contributed by atoms with Crippen LogP contribution in [-0.4, -0.2) is 29.0 Å². The molecule has 0 aliphatic carbocycles. The van der Waals surface area contributed by atoms with Gasteiger partial charge in [-0.1, -0.05) is 12.1 Å². The van der Waals surface area contributed by atoms with Gasteiger partial charge in [0.15, 0.2) is 0 Å². The van der Waals surface area contributed by atoms with Gasteiger partial charge >= 0.3 is 0 Å². The molecule has 6 nitrogen and oxygen atoms in total. The van der Waals surface area contributed by atoms with Gasteiger partial charge in [0.25, 0.3) is 0 Å². The van der Waals surface area contributed by atoms with Gasteiger partial charge in [0.1, 0.15) is 0 Å². The summed E-state index contributed by atoms with van der Waals surface area (Å²) in [6, 6.07) is 9.51. The Labute approximate surface area is 122 Å². The highest BCUT2D eigenvalue weighted by Crippen LogP contribution is 2.15. The second-order valence-corrected chi connectivity index (χ2v) is 4.48. The number of aromatic nitrogens is 3. The summed E-state index contributed by atoms with van der Waals surface area (Å²) in [7, 11) is 3.57. The minimum atomic E-state index is 0.136. The number of nitrogens with zero attached hydrogens (tertiary/aromatic N) is 5. The van der Waals surface area contributed by atoms with E-state index < -0.39 is 0 Å². The molecule has 102 valence electrons. The lowest BCUT2D eigenvalue weighted by Crippen LogP contribution is -2.20. The first-order chi connectivity index (χ1) is 9.62. The minimum absolute atomic E-state index is 0.136. The van der Waals surface area contributed by atoms with E-state index in [4.69, 9.17) is 16.9 Å². The maximum Gasteiger partial charge on any atom is 0.231 e. The first-order valence-corrected chi connectivity index (χ1v) is 6.29. The fourth-order valence-corrected chi connectivity index (χ4v) is 1.86. The quantitative estimate of drug-likeness (QED) is 0.928. The van der Waals surface area contributed by atoms with Crippen LogP contribution in [-0.2, 0) is 6.54 Å². The van der Waals surface area contributed by atoms with Gasteiger partial charge in [0.05, 0.1) is 11.6 Å². The van der Waals surface area contributed by atoms with Crippen molar-refractivity contribution in [3.8, 4) is 6.07 Å². The number of nitriles is 1. The van der Waals surface area contributed by atoms with Crippen LogP contribution < -0.4 is 10.2 Å². The van der Waals surface area contributed by atoms with E-state index in [0.29, 0.717) is 24.0 Å². The lowest BCUT2D eigenvalue weighted by Gasteiger charge is -2.17. The normalized spacial score (nSPS) is 9.90. The first-order valence-electron chi connectivity index (χ1n) is 5.92. The van der Waals surface area contributed by atoms with Crippen molar-refractivity contribution in [3.63, 3.8) is 0 Å². The van der Waals surface area contributed by atoms with Crippen LogP contribution in [0.5, 0.6) is 0 Å². The smallest absolute Gasteiger partial charge is 0.231 e. The van der Waals surface area contributed by atoms with Crippen molar-refractivity contribution in [2.45, 2.75) is 6.54 Å². The van der Waals surface area contributed by atoms with E-state index in [-0.39, 0.29) is 5.28 Å². The lowest BCUT2D eigenvalue weighted by molar-refractivity contribution is 0.854. The Kier molecular flexibility index (Phi) is 4.33. The van der Waals surface area contributed by atoms with E-state index in [1.54, 1.807) is 13.1 Å². The molecule has 0 bridgehead atoms. The highest BCUT2D eigenvalue weighted by molar-refractivity contribution is 6.28. The predicted molar refractivity (Wildman–Crippen MR) is 77.6 cm³/mol. The first kappa shape index (κ1) is 14.0. The van der Waals surface area contributed by atoms with Crippen molar-refractivity contribution in [1.82, 2.24) is 15.0 Å². The zero-order valence-corrected chi connectivity index (χ0v) is 11.9. The van der Waals surface area contributed by atoms with Gasteiger partial charge in [-0.15, -0.1) is 0 Å². The van der Waals surface area contributed by atoms with Crippen molar-refractivity contribution in [1.29, 1.82) is 5.26 Å². The van der Waals surface area contributed by atoms with E-state index in [2.05, 4.69) is 26.3 Å². The molecule has 0 radical (unpaired) electrons. The van der Waals surface area contributed by atoms with Crippen LogP contribution in [0.4, 0.5) is 11.9 Å². The Bertz CT molecular complexity index is 652. The van der Waals surface area contributed by atoms with Crippen LogP contribution in [0, 0.1) is 11.3 Å². The van der Waals surface area contributed by atoms with E-state index in [9.17, 15) is 0 Å². The van der Waals surface area contributed by atoms with Gasteiger partial charge < -0.3 is 10.2 Å². The van der Waals surface area contributed by atoms with Crippen molar-refractivity contribution in [3.05, 3.63) is 40.7 Å². The number of halogens is 1. The van der Waals surface area contributed by atoms with Crippen LogP contribution in [0.2, 0.25) is 5.28 Å². The third-order valence-electron chi connectivity index (χ3n) is 2.64. The average molecular weight is 289 g/mol. The summed E-state index contributed by atoms with van der Waals surface area (Å²) in [4.78, 5) is 14.1. The summed E-state index contributed by atoms with van der Waals surface area (Å²) in [5.41, 5.74) is 1.62. The summed E-state index contributed by atoms with van der Waals surface area (Å²) in [5.74, 6) is 0.884. The van der Waals surface area contributed by atoms with Gasteiger partial charge in [0.2, 0.25) is 17.2 Å². The molecule has 0 fully saturated rings. The van der Waals surface area contributed by atoms with E-state index >= 15 is 0 Å². The number of hydrogen-bond acceptors (Lipinski definition) is 6. The number of anilines is 2. The van der Waals surface area contributed by atoms with Crippen LogP contribution in [0.15, 0.2) is 24.3 Å². The predicted octanol–water partition coefficient (Wildman–Crippen LogP) is 2.07. The van der Waals surface area contributed by atoms with Crippen LogP contribution >= 0.6 is 11.6 Å². The second kappa shape index (κ2) is 6.17. The van der Waals surface area contributed by atoms with Gasteiger partial charge in [-0.25, -0.2) is 0 Å². The minimum Gasteiger partial charge on any atom is -0.357 e. The Hall–Kier alpha value is -2.39. The van der Waals surface area contributed by atoms with Crippen LogP contribution in [0.1, 0.15) is 11.1 Å². The second-order valence-electron chi connectivity index (χ2n) is 4.15. The maximum atomic E-state index is 8.90. The van der Waals surface area contributed by atoms with Gasteiger partial charge in [0, 0.05) is 20.6 Å². The number of benzene rings is 1. The Morgan fingerprint density at radius 3 is 2.85 bits per heavy atom. The molecule has 0 unspecified atom stereocenters. The Morgan fingerprint density at radius 1 is 1.35 bits per heavy atom. The van der Waals surface area contributed by atoms with Gasteiger partial charge in [-0.05, 0) is 29.3 Å². The molecule has 0 amide bonds. The fraction of sp³-hybridized carbons (Fsp3) is 0.231. The van der Waals surface area contributed by atoms with Crippen molar-refractivity contribution < 1.29 is 0 Å². The van der Waals surface area contributed by atoms with E-state index in [1.807, 2.05) is 30.1 Å². The molecule has 2 aromatic rings. The number of nitrogens with one attached hydrogen (secondary N) is 1. The molecule has 1 heterocycles. The molecule has 0 spiro atoms. The highest BCUT2D eigenvalue weighted by atomic mass is 35.5. The Balaban J connectivity index is 2.21. The van der Waals surface area contributed by atoms with Crippen molar-refractivity contribution in [2.75, 3.05) is 24.3 Å². The summed E-state index contributed by atoms with van der Waals surface area (Å²) >= 11 is 5.85. The van der Waals surface area contributed by atoms with E-state index in [0.717, 1.165) is 5.56 Å². The lowest BCUT2D eigenvalue weighted by atomic mass is 10.1. The van der Waals surface area contributed by atoms with Gasteiger partial charge in [-0.2, -0.15) is 20.2 Å². The van der Waals surface area contributed by atoms with Crippen molar-refractivity contribution in [2.24, 2.45) is 0 Å². The summed E-state index contributed by atoms with van der Waals surface area (Å²) in [5, 5.41) is 11.9. The van der Waals surface area contributed by atoms with E-state index in [1.165, 1.54) is 0 Å². The molecule has 1 N–H and O–H groups in total. The molecule has 1 aromatic heterocycles. The molecule has 20 heavy (non-hydrogen) atoms.